The minimum absolute atomic E-state index is 0.000623. The van der Waals surface area contributed by atoms with E-state index in [0.29, 0.717) is 13.0 Å². The summed E-state index contributed by atoms with van der Waals surface area (Å²) in [6, 6.07) is 6.55. The molecule has 8 heteroatoms. The number of ether oxygens (including phenoxy) is 2. The van der Waals surface area contributed by atoms with Gasteiger partial charge in [0, 0.05) is 0 Å². The number of carbonyl (C=O) groups excluding carboxylic acids is 1. The summed E-state index contributed by atoms with van der Waals surface area (Å²) in [6.07, 6.45) is 7.28. The minimum atomic E-state index is -3.56. The maximum absolute atomic E-state index is 12.5. The van der Waals surface area contributed by atoms with Crippen LogP contribution in [0.15, 0.2) is 24.3 Å². The van der Waals surface area contributed by atoms with Crippen molar-refractivity contribution in [3.8, 4) is 5.75 Å². The van der Waals surface area contributed by atoms with Gasteiger partial charge in [-0.1, -0.05) is 31.9 Å². The van der Waals surface area contributed by atoms with Gasteiger partial charge in [-0.05, 0) is 89.1 Å². The molecule has 1 heterocycles. The lowest BCUT2D eigenvalue weighted by atomic mass is 9.93. The molecular formula is C25H42N2O5S. The molecule has 0 bridgehead atoms. The quantitative estimate of drug-likeness (QED) is 0.292. The highest BCUT2D eigenvalue weighted by Crippen LogP contribution is 2.19. The van der Waals surface area contributed by atoms with E-state index < -0.39 is 22.0 Å². The minimum Gasteiger partial charge on any atom is -0.494 e. The number of hydrogen-bond acceptors (Lipinski definition) is 6. The van der Waals surface area contributed by atoms with Crippen LogP contribution in [-0.4, -0.2) is 52.0 Å². The van der Waals surface area contributed by atoms with Crippen molar-refractivity contribution in [2.45, 2.75) is 84.3 Å². The van der Waals surface area contributed by atoms with Crippen molar-refractivity contribution in [2.24, 2.45) is 5.92 Å². The van der Waals surface area contributed by atoms with E-state index in [1.165, 1.54) is 25.7 Å². The van der Waals surface area contributed by atoms with Crippen LogP contribution >= 0.6 is 0 Å². The molecular weight excluding hydrogens is 440 g/mol. The molecule has 33 heavy (non-hydrogen) atoms. The number of rotatable bonds is 15. The summed E-state index contributed by atoms with van der Waals surface area (Å²) in [5.41, 5.74) is 0.845. The normalized spacial score (nSPS) is 16.0. The maximum atomic E-state index is 12.5. The number of esters is 1. The Hall–Kier alpha value is -1.64. The standard InChI is InChI=1S/C25H42N2O5S/c1-4-5-18-33(29,30)27-24(25(28)32-20(2)3)19-22-9-11-23(12-10-22)31-17-7-6-8-21-13-15-26-16-14-21/h9-12,20-21,24,26-27H,4-8,13-19H2,1-3H3/t24-/m0/s1. The molecule has 0 radical (unpaired) electrons. The zero-order chi connectivity index (χ0) is 24.1. The van der Waals surface area contributed by atoms with Gasteiger partial charge in [0.2, 0.25) is 10.0 Å². The van der Waals surface area contributed by atoms with Gasteiger partial charge in [0.1, 0.15) is 11.8 Å². The highest BCUT2D eigenvalue weighted by atomic mass is 32.2. The summed E-state index contributed by atoms with van der Waals surface area (Å²) in [6.45, 7) is 8.40. The van der Waals surface area contributed by atoms with Gasteiger partial charge in [0.15, 0.2) is 0 Å². The lowest BCUT2D eigenvalue weighted by Crippen LogP contribution is -2.44. The zero-order valence-electron chi connectivity index (χ0n) is 20.5. The molecule has 0 unspecified atom stereocenters. The number of benzene rings is 1. The topological polar surface area (TPSA) is 93.7 Å². The molecule has 1 atom stereocenters. The Bertz CT molecular complexity index is 790. The van der Waals surface area contributed by atoms with Gasteiger partial charge < -0.3 is 14.8 Å². The molecule has 2 rings (SSSR count). The fourth-order valence-electron chi connectivity index (χ4n) is 3.95. The van der Waals surface area contributed by atoms with Crippen molar-refractivity contribution in [2.75, 3.05) is 25.4 Å². The number of unbranched alkanes of at least 4 members (excludes halogenated alkanes) is 2. The van der Waals surface area contributed by atoms with Gasteiger partial charge in [0.25, 0.3) is 0 Å². The molecule has 188 valence electrons. The van der Waals surface area contributed by atoms with Crippen molar-refractivity contribution in [3.05, 3.63) is 29.8 Å². The number of carbonyl (C=O) groups is 1. The first-order chi connectivity index (χ1) is 15.8. The van der Waals surface area contributed by atoms with Crippen LogP contribution in [-0.2, 0) is 26.0 Å². The van der Waals surface area contributed by atoms with Gasteiger partial charge in [-0.2, -0.15) is 0 Å². The molecule has 2 N–H and O–H groups in total. The molecule has 1 saturated heterocycles. The molecule has 0 amide bonds. The van der Waals surface area contributed by atoms with Crippen molar-refractivity contribution in [1.29, 1.82) is 0 Å². The van der Waals surface area contributed by atoms with Crippen LogP contribution in [0.2, 0.25) is 0 Å². The average Bonchev–Trinajstić information content (AvgIpc) is 2.78. The first-order valence-corrected chi connectivity index (χ1v) is 14.1. The Labute approximate surface area is 200 Å². The van der Waals surface area contributed by atoms with E-state index in [1.54, 1.807) is 13.8 Å². The Morgan fingerprint density at radius 2 is 1.82 bits per heavy atom. The fourth-order valence-corrected chi connectivity index (χ4v) is 5.35. The van der Waals surface area contributed by atoms with Crippen LogP contribution < -0.4 is 14.8 Å². The second-order valence-electron chi connectivity index (χ2n) is 9.21. The van der Waals surface area contributed by atoms with Crippen molar-refractivity contribution in [1.82, 2.24) is 10.0 Å². The number of piperidine rings is 1. The smallest absolute Gasteiger partial charge is 0.324 e. The fraction of sp³-hybridized carbons (Fsp3) is 0.720. The predicted octanol–water partition coefficient (Wildman–Crippen LogP) is 3.82. The second-order valence-corrected chi connectivity index (χ2v) is 11.1. The summed E-state index contributed by atoms with van der Waals surface area (Å²) in [7, 11) is -3.56. The van der Waals surface area contributed by atoms with Gasteiger partial charge in [-0.15, -0.1) is 0 Å². The second kappa shape index (κ2) is 14.6. The van der Waals surface area contributed by atoms with E-state index in [2.05, 4.69) is 10.0 Å². The van der Waals surface area contributed by atoms with Crippen LogP contribution in [0.5, 0.6) is 5.75 Å². The molecule has 1 aromatic rings. The van der Waals surface area contributed by atoms with E-state index in [-0.39, 0.29) is 18.3 Å². The van der Waals surface area contributed by atoms with Crippen LogP contribution in [0, 0.1) is 5.92 Å². The summed E-state index contributed by atoms with van der Waals surface area (Å²) in [5.74, 6) is 1.07. The van der Waals surface area contributed by atoms with E-state index >= 15 is 0 Å². The zero-order valence-corrected chi connectivity index (χ0v) is 21.3. The molecule has 0 aromatic heterocycles. The lowest BCUT2D eigenvalue weighted by molar-refractivity contribution is -0.149. The molecule has 0 aliphatic carbocycles. The van der Waals surface area contributed by atoms with Gasteiger partial charge in [-0.25, -0.2) is 13.1 Å². The summed E-state index contributed by atoms with van der Waals surface area (Å²) in [4.78, 5) is 12.5. The molecule has 1 aromatic carbocycles. The molecule has 0 saturated carbocycles. The molecule has 1 aliphatic heterocycles. The largest absolute Gasteiger partial charge is 0.494 e. The van der Waals surface area contributed by atoms with Crippen LogP contribution in [0.3, 0.4) is 0 Å². The first-order valence-electron chi connectivity index (χ1n) is 12.4. The van der Waals surface area contributed by atoms with Crippen LogP contribution in [0.25, 0.3) is 0 Å². The Morgan fingerprint density at radius 3 is 2.45 bits per heavy atom. The maximum Gasteiger partial charge on any atom is 0.324 e. The third-order valence-corrected chi connectivity index (χ3v) is 7.29. The van der Waals surface area contributed by atoms with Gasteiger partial charge in [0.05, 0.1) is 18.5 Å². The highest BCUT2D eigenvalue weighted by molar-refractivity contribution is 7.89. The number of sulfonamides is 1. The van der Waals surface area contributed by atoms with E-state index in [9.17, 15) is 13.2 Å². The van der Waals surface area contributed by atoms with Crippen LogP contribution in [0.1, 0.15) is 71.3 Å². The summed E-state index contributed by atoms with van der Waals surface area (Å²) < 4.78 is 38.4. The first kappa shape index (κ1) is 27.6. The third-order valence-electron chi connectivity index (χ3n) is 5.82. The molecule has 1 fully saturated rings. The van der Waals surface area contributed by atoms with Gasteiger partial charge in [-0.3, -0.25) is 4.79 Å². The lowest BCUT2D eigenvalue weighted by Gasteiger charge is -2.22. The molecule has 0 spiro atoms. The van der Waals surface area contributed by atoms with Crippen molar-refractivity contribution >= 4 is 16.0 Å². The molecule has 7 nitrogen and oxygen atoms in total. The summed E-state index contributed by atoms with van der Waals surface area (Å²) in [5, 5.41) is 3.40. The van der Waals surface area contributed by atoms with E-state index in [0.717, 1.165) is 43.2 Å². The number of nitrogens with one attached hydrogen (secondary N) is 2. The monoisotopic (exact) mass is 482 g/mol. The van der Waals surface area contributed by atoms with Gasteiger partial charge >= 0.3 is 5.97 Å². The SMILES string of the molecule is CCCCS(=O)(=O)N[C@@H](Cc1ccc(OCCCCC2CCNCC2)cc1)C(=O)OC(C)C. The average molecular weight is 483 g/mol. The van der Waals surface area contributed by atoms with Crippen molar-refractivity contribution < 1.29 is 22.7 Å². The Kier molecular flexibility index (Phi) is 12.2. The highest BCUT2D eigenvalue weighted by Gasteiger charge is 2.26. The van der Waals surface area contributed by atoms with Crippen molar-refractivity contribution in [3.63, 3.8) is 0 Å². The summed E-state index contributed by atoms with van der Waals surface area (Å²) >= 11 is 0. The third kappa shape index (κ3) is 11.4. The Morgan fingerprint density at radius 1 is 1.12 bits per heavy atom. The number of hydrogen-bond donors (Lipinski definition) is 2. The van der Waals surface area contributed by atoms with E-state index in [4.69, 9.17) is 9.47 Å². The molecule has 1 aliphatic rings. The van der Waals surface area contributed by atoms with Crippen LogP contribution in [0.4, 0.5) is 0 Å². The Balaban J connectivity index is 1.84. The van der Waals surface area contributed by atoms with E-state index in [1.807, 2.05) is 31.2 Å². The predicted molar refractivity (Wildman–Crippen MR) is 132 cm³/mol.